The minimum absolute atomic E-state index is 0.0360. The third kappa shape index (κ3) is 3.07. The number of thiophene rings is 1. The molecule has 2 rings (SSSR count). The fourth-order valence-electron chi connectivity index (χ4n) is 2.71. The Balaban J connectivity index is 2.25. The Labute approximate surface area is 126 Å². The highest BCUT2D eigenvalue weighted by Gasteiger charge is 2.42. The number of amides is 1. The molecule has 0 aromatic carbocycles. The van der Waals surface area contributed by atoms with Crippen molar-refractivity contribution in [3.05, 3.63) is 21.9 Å². The number of nitrogens with one attached hydrogen (secondary N) is 1. The summed E-state index contributed by atoms with van der Waals surface area (Å²) in [7, 11) is 0. The molecule has 1 aliphatic heterocycles. The van der Waals surface area contributed by atoms with Gasteiger partial charge in [-0.05, 0) is 30.9 Å². The lowest BCUT2D eigenvalue weighted by atomic mass is 9.99. The van der Waals surface area contributed by atoms with Gasteiger partial charge in [0.15, 0.2) is 0 Å². The van der Waals surface area contributed by atoms with Crippen LogP contribution in [0.15, 0.2) is 12.1 Å². The summed E-state index contributed by atoms with van der Waals surface area (Å²) in [5, 5.41) is 3.56. The van der Waals surface area contributed by atoms with Crippen molar-refractivity contribution in [3.63, 3.8) is 0 Å². The van der Waals surface area contributed by atoms with E-state index >= 15 is 0 Å². The molecule has 1 aromatic heterocycles. The minimum atomic E-state index is -0.0360. The average molecular weight is 294 g/mol. The maximum atomic E-state index is 12.7. The molecule has 3 nitrogen and oxygen atoms in total. The van der Waals surface area contributed by atoms with Crippen molar-refractivity contribution in [1.29, 1.82) is 0 Å². The first-order valence-electron chi connectivity index (χ1n) is 7.56. The van der Waals surface area contributed by atoms with E-state index in [-0.39, 0.29) is 18.1 Å². The van der Waals surface area contributed by atoms with E-state index in [1.807, 2.05) is 4.90 Å². The van der Waals surface area contributed by atoms with Crippen LogP contribution in [0.25, 0.3) is 0 Å². The van der Waals surface area contributed by atoms with E-state index < -0.39 is 0 Å². The summed E-state index contributed by atoms with van der Waals surface area (Å²) in [5.41, 5.74) is 0. The Bertz CT molecular complexity index is 469. The van der Waals surface area contributed by atoms with Crippen molar-refractivity contribution in [3.8, 4) is 0 Å². The molecule has 0 radical (unpaired) electrons. The monoisotopic (exact) mass is 294 g/mol. The Kier molecular flexibility index (Phi) is 4.86. The number of aryl methyl sites for hydroxylation is 1. The summed E-state index contributed by atoms with van der Waals surface area (Å²) in [6.45, 7) is 11.6. The van der Waals surface area contributed by atoms with E-state index in [0.717, 1.165) is 13.0 Å². The summed E-state index contributed by atoms with van der Waals surface area (Å²) >= 11 is 1.78. The van der Waals surface area contributed by atoms with Crippen LogP contribution in [0, 0.1) is 18.8 Å². The molecule has 2 heterocycles. The minimum Gasteiger partial charge on any atom is -0.320 e. The zero-order chi connectivity index (χ0) is 14.9. The molecule has 1 N–H and O–H groups in total. The van der Waals surface area contributed by atoms with Crippen molar-refractivity contribution in [1.82, 2.24) is 10.2 Å². The van der Waals surface area contributed by atoms with Crippen LogP contribution in [0.3, 0.4) is 0 Å². The SMILES string of the molecule is CCC(C)C1NC(c2ccc(C)s2)N(CC(C)C)C1=O. The highest BCUT2D eigenvalue weighted by Crippen LogP contribution is 2.33. The lowest BCUT2D eigenvalue weighted by Gasteiger charge is -2.25. The van der Waals surface area contributed by atoms with Gasteiger partial charge < -0.3 is 4.90 Å². The van der Waals surface area contributed by atoms with Crippen molar-refractivity contribution >= 4 is 17.2 Å². The molecule has 112 valence electrons. The molecule has 1 aliphatic rings. The molecule has 0 bridgehead atoms. The lowest BCUT2D eigenvalue weighted by Crippen LogP contribution is -2.36. The Hall–Kier alpha value is -0.870. The number of nitrogens with zero attached hydrogens (tertiary/aromatic N) is 1. The molecule has 4 heteroatoms. The highest BCUT2D eigenvalue weighted by molar-refractivity contribution is 7.12. The second-order valence-electron chi connectivity index (χ2n) is 6.27. The van der Waals surface area contributed by atoms with E-state index in [1.165, 1.54) is 9.75 Å². The number of carbonyl (C=O) groups is 1. The molecule has 20 heavy (non-hydrogen) atoms. The topological polar surface area (TPSA) is 32.3 Å². The first kappa shape index (κ1) is 15.5. The highest BCUT2D eigenvalue weighted by atomic mass is 32.1. The fourth-order valence-corrected chi connectivity index (χ4v) is 3.66. The molecule has 3 atom stereocenters. The van der Waals surface area contributed by atoms with Crippen molar-refractivity contribution in [2.45, 2.75) is 53.2 Å². The molecule has 0 aliphatic carbocycles. The van der Waals surface area contributed by atoms with Crippen LogP contribution in [-0.2, 0) is 4.79 Å². The summed E-state index contributed by atoms with van der Waals surface area (Å²) in [6, 6.07) is 4.25. The van der Waals surface area contributed by atoms with Gasteiger partial charge in [-0.1, -0.05) is 34.1 Å². The van der Waals surface area contributed by atoms with E-state index in [9.17, 15) is 4.79 Å². The average Bonchev–Trinajstić information content (AvgIpc) is 2.94. The quantitative estimate of drug-likeness (QED) is 0.900. The molecule has 1 saturated heterocycles. The Morgan fingerprint density at radius 2 is 2.05 bits per heavy atom. The summed E-state index contributed by atoms with van der Waals surface area (Å²) in [6.07, 6.45) is 1.08. The van der Waals surface area contributed by atoms with E-state index in [0.29, 0.717) is 11.8 Å². The molecule has 1 fully saturated rings. The largest absolute Gasteiger partial charge is 0.320 e. The molecular weight excluding hydrogens is 268 g/mol. The van der Waals surface area contributed by atoms with Crippen molar-refractivity contribution < 1.29 is 4.79 Å². The van der Waals surface area contributed by atoms with Crippen LogP contribution in [0.5, 0.6) is 0 Å². The summed E-state index contributed by atoms with van der Waals surface area (Å²) in [5.74, 6) is 1.13. The zero-order valence-electron chi connectivity index (χ0n) is 13.1. The van der Waals surface area contributed by atoms with E-state index in [1.54, 1.807) is 11.3 Å². The second kappa shape index (κ2) is 6.27. The third-order valence-corrected chi connectivity index (χ3v) is 5.06. The summed E-state index contributed by atoms with van der Waals surface area (Å²) < 4.78 is 0. The van der Waals surface area contributed by atoms with Gasteiger partial charge >= 0.3 is 0 Å². The van der Waals surface area contributed by atoms with Crippen molar-refractivity contribution in [2.24, 2.45) is 11.8 Å². The lowest BCUT2D eigenvalue weighted by molar-refractivity contribution is -0.131. The van der Waals surface area contributed by atoms with Gasteiger partial charge in [-0.3, -0.25) is 10.1 Å². The normalized spacial score (nSPS) is 24.7. The van der Waals surface area contributed by atoms with Gasteiger partial charge in [-0.2, -0.15) is 0 Å². The van der Waals surface area contributed by atoms with Crippen LogP contribution in [0.2, 0.25) is 0 Å². The molecule has 0 saturated carbocycles. The molecular formula is C16H26N2OS. The predicted molar refractivity (Wildman–Crippen MR) is 84.7 cm³/mol. The van der Waals surface area contributed by atoms with Crippen LogP contribution < -0.4 is 5.32 Å². The summed E-state index contributed by atoms with van der Waals surface area (Å²) in [4.78, 5) is 17.3. The molecule has 0 spiro atoms. The number of rotatable bonds is 5. The Morgan fingerprint density at radius 3 is 2.55 bits per heavy atom. The number of carbonyl (C=O) groups excluding carboxylic acids is 1. The van der Waals surface area contributed by atoms with Gasteiger partial charge in [-0.15, -0.1) is 11.3 Å². The standard InChI is InChI=1S/C16H26N2OS/c1-6-11(4)14-16(19)18(9-10(2)3)15(17-14)13-8-7-12(5)20-13/h7-8,10-11,14-15,17H,6,9H2,1-5H3. The molecule has 3 unspecified atom stereocenters. The second-order valence-corrected chi connectivity index (χ2v) is 7.58. The first-order valence-corrected chi connectivity index (χ1v) is 8.38. The van der Waals surface area contributed by atoms with Crippen LogP contribution in [0.1, 0.15) is 50.0 Å². The van der Waals surface area contributed by atoms with Gasteiger partial charge in [0.05, 0.1) is 6.04 Å². The van der Waals surface area contributed by atoms with E-state index in [2.05, 4.69) is 52.1 Å². The maximum absolute atomic E-state index is 12.7. The molecule has 1 amide bonds. The molecule has 1 aromatic rings. The Morgan fingerprint density at radius 1 is 1.35 bits per heavy atom. The van der Waals surface area contributed by atoms with E-state index in [4.69, 9.17) is 0 Å². The number of hydrogen-bond donors (Lipinski definition) is 1. The van der Waals surface area contributed by atoms with Gasteiger partial charge in [0.2, 0.25) is 5.91 Å². The van der Waals surface area contributed by atoms with Crippen LogP contribution >= 0.6 is 11.3 Å². The fraction of sp³-hybridized carbons (Fsp3) is 0.688. The van der Waals surface area contributed by atoms with Gasteiger partial charge in [0, 0.05) is 16.3 Å². The zero-order valence-corrected chi connectivity index (χ0v) is 14.0. The maximum Gasteiger partial charge on any atom is 0.241 e. The third-order valence-electron chi connectivity index (χ3n) is 4.00. The van der Waals surface area contributed by atoms with Gasteiger partial charge in [0.25, 0.3) is 0 Å². The van der Waals surface area contributed by atoms with Gasteiger partial charge in [0.1, 0.15) is 6.17 Å². The smallest absolute Gasteiger partial charge is 0.241 e. The van der Waals surface area contributed by atoms with Crippen molar-refractivity contribution in [2.75, 3.05) is 6.54 Å². The number of hydrogen-bond acceptors (Lipinski definition) is 3. The predicted octanol–water partition coefficient (Wildman–Crippen LogP) is 3.56. The van der Waals surface area contributed by atoms with Crippen LogP contribution in [-0.4, -0.2) is 23.4 Å². The van der Waals surface area contributed by atoms with Crippen LogP contribution in [0.4, 0.5) is 0 Å². The first-order chi connectivity index (χ1) is 9.43. The van der Waals surface area contributed by atoms with Gasteiger partial charge in [-0.25, -0.2) is 0 Å².